The van der Waals surface area contributed by atoms with Gasteiger partial charge < -0.3 is 92.3 Å². The Morgan fingerprint density at radius 2 is 1.16 bits per heavy atom. The number of carbonyl (C=O) groups is 6. The minimum atomic E-state index is -2.26. The van der Waals surface area contributed by atoms with Crippen LogP contribution in [-0.2, 0) is 35.3 Å². The van der Waals surface area contributed by atoms with Crippen LogP contribution in [0.15, 0.2) is 80.6 Å². The maximum atomic E-state index is 14.5. The number of aromatic hydroxyl groups is 1. The molecule has 34 nitrogen and oxygen atoms in total. The summed E-state index contributed by atoms with van der Waals surface area (Å²) in [5, 5.41) is 66.9. The fourth-order valence-electron chi connectivity index (χ4n) is 6.24. The van der Waals surface area contributed by atoms with Gasteiger partial charge in [0.05, 0.1) is 41.0 Å². The van der Waals surface area contributed by atoms with Crippen LogP contribution in [0.25, 0.3) is 0 Å². The van der Waals surface area contributed by atoms with Crippen LogP contribution < -0.4 is 82.1 Å². The van der Waals surface area contributed by atoms with E-state index < -0.39 is 141 Å². The smallest absolute Gasteiger partial charge is 0.301 e. The van der Waals surface area contributed by atoms with Crippen LogP contribution in [0.3, 0.4) is 0 Å². The summed E-state index contributed by atoms with van der Waals surface area (Å²) in [4.78, 5) is 119. The number of ether oxygens (including phenoxy) is 1. The van der Waals surface area contributed by atoms with E-state index in [0.29, 0.717) is 17.0 Å². The lowest BCUT2D eigenvalue weighted by atomic mass is 10.0. The number of aliphatic hydroxyl groups is 1. The molecule has 0 saturated carbocycles. The van der Waals surface area contributed by atoms with Crippen molar-refractivity contribution in [3.63, 3.8) is 0 Å². The molecule has 0 aliphatic carbocycles. The second kappa shape index (κ2) is 25.7. The number of anilines is 1. The van der Waals surface area contributed by atoms with Gasteiger partial charge in [-0.3, -0.25) is 49.0 Å². The van der Waals surface area contributed by atoms with Gasteiger partial charge in [0.2, 0.25) is 36.5 Å². The van der Waals surface area contributed by atoms with E-state index in [9.17, 15) is 64.5 Å². The van der Waals surface area contributed by atoms with Crippen LogP contribution in [0.4, 0.5) is 17.1 Å². The Labute approximate surface area is 410 Å². The number of nitrogens with zero attached hydrogens (tertiary/aromatic N) is 8. The SMILES string of the molecule is COc1ccc(O)c(CN(c2c([N+](=O)[O-])cc(C#N)cc2[N+](=O)[O-])C(CO)C(=O)NC(C(=O)NC(N=C(N)N)C(=O)NC(N=C(N)N)C(=O)NC(N=C(C)N)C(=O)NC(N=C(N)N)C(N)=O)c2ccccc2)c1. The van der Waals surface area contributed by atoms with Crippen LogP contribution in [0.5, 0.6) is 11.5 Å². The average molecular weight is 1020 g/mol. The van der Waals surface area contributed by atoms with Gasteiger partial charge >= 0.3 is 11.4 Å². The molecule has 6 atom stereocenters. The van der Waals surface area contributed by atoms with Crippen molar-refractivity contribution in [3.8, 4) is 17.6 Å². The first kappa shape index (κ1) is 56.7. The third-order valence-electron chi connectivity index (χ3n) is 9.34. The van der Waals surface area contributed by atoms with E-state index in [-0.39, 0.29) is 22.7 Å². The molecule has 3 rings (SSSR count). The molecule has 0 aromatic heterocycles. The van der Waals surface area contributed by atoms with Crippen LogP contribution in [-0.4, -0.2) is 124 Å². The van der Waals surface area contributed by atoms with Crippen molar-refractivity contribution in [2.45, 2.75) is 50.2 Å². The second-order valence-electron chi connectivity index (χ2n) is 14.6. The van der Waals surface area contributed by atoms with E-state index in [2.05, 4.69) is 35.9 Å². The summed E-state index contributed by atoms with van der Waals surface area (Å²) in [7, 11) is 1.26. The summed E-state index contributed by atoms with van der Waals surface area (Å²) >= 11 is 0. The minimum Gasteiger partial charge on any atom is -0.508 e. The molecule has 6 unspecified atom stereocenters. The summed E-state index contributed by atoms with van der Waals surface area (Å²) in [5.41, 5.74) is 39.8. The number of aliphatic hydroxyl groups excluding tert-OH is 1. The molecule has 0 spiro atoms. The average Bonchev–Trinajstić information content (AvgIpc) is 3.31. The van der Waals surface area contributed by atoms with Crippen molar-refractivity contribution in [1.82, 2.24) is 26.6 Å². The van der Waals surface area contributed by atoms with Gasteiger partial charge in [0.15, 0.2) is 23.6 Å². The molecule has 3 aromatic carbocycles. The molecular formula is C39H49N21O13. The number of nitro groups is 2. The molecule has 0 bridgehead atoms. The lowest BCUT2D eigenvalue weighted by Gasteiger charge is -2.32. The number of nitro benzene ring substituents is 2. The molecular weight excluding hydrogens is 971 g/mol. The van der Waals surface area contributed by atoms with Gasteiger partial charge in [-0.15, -0.1) is 0 Å². The standard InChI is InChI=1S/C39H49N21O13/c1-16(41)49-29(34(66)51-28(27(42)63)55-37(43)44)53-36(68)31(57-39(47)48)54-35(67)30(56-38(45)46)52-33(65)25(18-6-4-3-5-7-18)50-32(64)23(15-61)58(14-19-12-20(73-2)8-9-24(19)62)26-21(59(69)70)10-17(13-40)11-22(26)60(71)72/h3-12,23,25,28-31,61-62H,14-15H2,1-2H3,(H2,41,49)(H2,42,63)(H,50,64)(H,51,66)(H,52,65)(H,53,68)(H,54,67)(H4,43,44,55)(H4,45,46,56)(H4,47,48,57). The Bertz CT molecular complexity index is 2730. The number of nitrogens with one attached hydrogen (secondary N) is 5. The van der Waals surface area contributed by atoms with Crippen LogP contribution in [0.2, 0.25) is 0 Å². The third-order valence-corrected chi connectivity index (χ3v) is 9.34. The van der Waals surface area contributed by atoms with Crippen molar-refractivity contribution >= 4 is 76.2 Å². The van der Waals surface area contributed by atoms with E-state index in [1.807, 2.05) is 10.6 Å². The third kappa shape index (κ3) is 16.0. The van der Waals surface area contributed by atoms with Crippen LogP contribution >= 0.6 is 0 Å². The first-order chi connectivity index (χ1) is 34.3. The Kier molecular flexibility index (Phi) is 20.0. The van der Waals surface area contributed by atoms with Crippen molar-refractivity contribution in [2.75, 3.05) is 18.6 Å². The number of phenolic OH excluding ortho intramolecular Hbond substituents is 1. The molecule has 388 valence electrons. The number of nitriles is 1. The van der Waals surface area contributed by atoms with E-state index in [1.165, 1.54) is 56.5 Å². The number of amidine groups is 1. The van der Waals surface area contributed by atoms with Crippen molar-refractivity contribution in [1.29, 1.82) is 5.26 Å². The Morgan fingerprint density at radius 3 is 1.59 bits per heavy atom. The van der Waals surface area contributed by atoms with Crippen molar-refractivity contribution < 1.29 is 53.6 Å². The van der Waals surface area contributed by atoms with E-state index in [1.54, 1.807) is 6.07 Å². The highest BCUT2D eigenvalue weighted by molar-refractivity contribution is 5.99. The van der Waals surface area contributed by atoms with Gasteiger partial charge in [-0.2, -0.15) is 5.26 Å². The predicted molar refractivity (Wildman–Crippen MR) is 255 cm³/mol. The topological polar surface area (TPSA) is 583 Å². The highest BCUT2D eigenvalue weighted by Gasteiger charge is 2.40. The Morgan fingerprint density at radius 1 is 0.699 bits per heavy atom. The van der Waals surface area contributed by atoms with Gasteiger partial charge in [-0.05, 0) is 30.7 Å². The first-order valence-electron chi connectivity index (χ1n) is 20.3. The Hall–Kier alpha value is -10.6. The number of aliphatic imine (C=N–C) groups is 4. The number of phenols is 1. The van der Waals surface area contributed by atoms with E-state index in [4.69, 9.17) is 50.6 Å². The number of guanidine groups is 3. The molecule has 0 radical (unpaired) electrons. The summed E-state index contributed by atoms with van der Waals surface area (Å²) in [5.74, 6) is -11.2. The quantitative estimate of drug-likeness (QED) is 0.0172. The molecule has 73 heavy (non-hydrogen) atoms. The molecule has 3 aromatic rings. The van der Waals surface area contributed by atoms with Gasteiger partial charge in [0.25, 0.3) is 23.6 Å². The lowest BCUT2D eigenvalue weighted by Crippen LogP contribution is -2.58. The number of benzene rings is 3. The highest BCUT2D eigenvalue weighted by atomic mass is 16.6. The van der Waals surface area contributed by atoms with Gasteiger partial charge in [0.1, 0.15) is 23.6 Å². The van der Waals surface area contributed by atoms with E-state index in [0.717, 1.165) is 6.07 Å². The summed E-state index contributed by atoms with van der Waals surface area (Å²) in [6.07, 6.45) is -8.38. The predicted octanol–water partition coefficient (Wildman–Crippen LogP) is -6.23. The normalized spacial score (nSPS) is 13.2. The minimum absolute atomic E-state index is 0.0579. The zero-order valence-corrected chi connectivity index (χ0v) is 38.2. The fourth-order valence-corrected chi connectivity index (χ4v) is 6.24. The van der Waals surface area contributed by atoms with Crippen LogP contribution in [0.1, 0.15) is 29.7 Å². The molecule has 0 fully saturated rings. The first-order valence-corrected chi connectivity index (χ1v) is 20.3. The molecule has 0 aliphatic heterocycles. The van der Waals surface area contributed by atoms with Crippen LogP contribution in [0, 0.1) is 31.6 Å². The second-order valence-corrected chi connectivity index (χ2v) is 14.6. The molecule has 0 saturated heterocycles. The largest absolute Gasteiger partial charge is 0.508 e. The molecule has 34 heteroatoms. The van der Waals surface area contributed by atoms with E-state index >= 15 is 0 Å². The van der Waals surface area contributed by atoms with Gasteiger partial charge in [-0.1, -0.05) is 30.3 Å². The highest BCUT2D eigenvalue weighted by Crippen LogP contribution is 2.41. The number of hydrogen-bond acceptors (Lipinski definition) is 19. The summed E-state index contributed by atoms with van der Waals surface area (Å²) in [6.45, 7) is -0.926. The lowest BCUT2D eigenvalue weighted by molar-refractivity contribution is -0.392. The number of nitrogens with two attached hydrogens (primary N) is 8. The number of amides is 6. The molecule has 6 amide bonds. The zero-order chi connectivity index (χ0) is 54.9. The summed E-state index contributed by atoms with van der Waals surface area (Å²) in [6, 6.07) is 9.44. The maximum Gasteiger partial charge on any atom is 0.301 e. The number of methoxy groups -OCH3 is 1. The maximum absolute atomic E-state index is 14.5. The zero-order valence-electron chi connectivity index (χ0n) is 38.2. The number of hydrogen-bond donors (Lipinski definition) is 15. The molecule has 0 heterocycles. The monoisotopic (exact) mass is 1020 g/mol. The number of primary amides is 1. The fraction of sp³-hybridized carbons (Fsp3) is 0.256. The number of rotatable bonds is 24. The van der Waals surface area contributed by atoms with Crippen molar-refractivity contribution in [3.05, 3.63) is 97.6 Å². The Balaban J connectivity index is 2.13. The molecule has 0 aliphatic rings. The summed E-state index contributed by atoms with van der Waals surface area (Å²) < 4.78 is 5.21. The van der Waals surface area contributed by atoms with Crippen molar-refractivity contribution in [2.24, 2.45) is 65.8 Å². The molecule has 23 N–H and O–H groups in total. The van der Waals surface area contributed by atoms with Gasteiger partial charge in [0, 0.05) is 24.2 Å². The number of carbonyl (C=O) groups excluding carboxylic acids is 6. The van der Waals surface area contributed by atoms with Gasteiger partial charge in [-0.25, -0.2) is 20.0 Å².